The monoisotopic (exact) mass is 486 g/mol. The lowest BCUT2D eigenvalue weighted by Gasteiger charge is -2.16. The highest BCUT2D eigenvalue weighted by Crippen LogP contribution is 2.32. The smallest absolute Gasteiger partial charge is 0.262 e. The van der Waals surface area contributed by atoms with Gasteiger partial charge in [-0.3, -0.25) is 4.79 Å². The van der Waals surface area contributed by atoms with Gasteiger partial charge in [0.2, 0.25) is 10.0 Å². The highest BCUT2D eigenvalue weighted by molar-refractivity contribution is 7.89. The van der Waals surface area contributed by atoms with E-state index in [2.05, 4.69) is 5.32 Å². The molecule has 1 saturated heterocycles. The van der Waals surface area contributed by atoms with E-state index in [1.165, 1.54) is 16.4 Å². The van der Waals surface area contributed by atoms with Crippen LogP contribution in [0.4, 0.5) is 5.69 Å². The van der Waals surface area contributed by atoms with Gasteiger partial charge in [0.25, 0.3) is 5.91 Å². The van der Waals surface area contributed by atoms with E-state index < -0.39 is 15.9 Å². The Labute approximate surface area is 197 Å². The van der Waals surface area contributed by atoms with E-state index in [4.69, 9.17) is 21.1 Å². The van der Waals surface area contributed by atoms with Crippen molar-refractivity contribution in [3.8, 4) is 17.2 Å². The Hall–Kier alpha value is -3.07. The van der Waals surface area contributed by atoms with Gasteiger partial charge in [0.15, 0.2) is 12.4 Å². The van der Waals surface area contributed by atoms with E-state index in [1.807, 2.05) is 18.2 Å². The molecule has 4 rings (SSSR count). The van der Waals surface area contributed by atoms with Gasteiger partial charge in [0.1, 0.15) is 11.5 Å². The molecule has 1 N–H and O–H groups in total. The molecule has 0 radical (unpaired) electrons. The molecular formula is C24H23ClN2O5S. The van der Waals surface area contributed by atoms with Gasteiger partial charge in [-0.2, -0.15) is 4.31 Å². The van der Waals surface area contributed by atoms with Gasteiger partial charge in [-0.15, -0.1) is 0 Å². The SMILES string of the molecule is O=C(COc1ccc(S(=O)(=O)N2CCCC2)cc1)Nc1cc(Cl)ccc1Oc1ccccc1. The van der Waals surface area contributed by atoms with E-state index in [1.54, 1.807) is 42.5 Å². The van der Waals surface area contributed by atoms with Crippen LogP contribution in [0.1, 0.15) is 12.8 Å². The molecular weight excluding hydrogens is 464 g/mol. The third-order valence-corrected chi connectivity index (χ3v) is 7.23. The van der Waals surface area contributed by atoms with Crippen molar-refractivity contribution in [2.45, 2.75) is 17.7 Å². The maximum Gasteiger partial charge on any atom is 0.262 e. The number of nitrogens with zero attached hydrogens (tertiary/aromatic N) is 1. The van der Waals surface area contributed by atoms with Crippen LogP contribution in [0.5, 0.6) is 17.2 Å². The molecule has 0 spiro atoms. The highest BCUT2D eigenvalue weighted by atomic mass is 35.5. The molecule has 0 aromatic heterocycles. The van der Waals surface area contributed by atoms with Crippen LogP contribution in [0.15, 0.2) is 77.7 Å². The van der Waals surface area contributed by atoms with Gasteiger partial charge < -0.3 is 14.8 Å². The topological polar surface area (TPSA) is 84.9 Å². The number of carbonyl (C=O) groups excluding carboxylic acids is 1. The number of para-hydroxylation sites is 1. The van der Waals surface area contributed by atoms with Crippen LogP contribution in [0.3, 0.4) is 0 Å². The zero-order chi connectivity index (χ0) is 23.3. The first-order chi connectivity index (χ1) is 15.9. The van der Waals surface area contributed by atoms with Crippen LogP contribution in [0.2, 0.25) is 5.02 Å². The number of hydrogen-bond acceptors (Lipinski definition) is 5. The molecule has 0 saturated carbocycles. The van der Waals surface area contributed by atoms with Crippen LogP contribution < -0.4 is 14.8 Å². The number of anilines is 1. The molecule has 1 aliphatic rings. The Bertz CT molecular complexity index is 1210. The van der Waals surface area contributed by atoms with E-state index in [-0.39, 0.29) is 11.5 Å². The summed E-state index contributed by atoms with van der Waals surface area (Å²) in [6, 6.07) is 20.2. The summed E-state index contributed by atoms with van der Waals surface area (Å²) in [5.41, 5.74) is 0.409. The molecule has 0 bridgehead atoms. The lowest BCUT2D eigenvalue weighted by molar-refractivity contribution is -0.118. The number of benzene rings is 3. The van der Waals surface area contributed by atoms with Crippen LogP contribution in [-0.4, -0.2) is 38.3 Å². The molecule has 172 valence electrons. The average Bonchev–Trinajstić information content (AvgIpc) is 3.37. The zero-order valence-electron chi connectivity index (χ0n) is 17.7. The molecule has 1 fully saturated rings. The number of amides is 1. The largest absolute Gasteiger partial charge is 0.484 e. The second-order valence-electron chi connectivity index (χ2n) is 7.48. The molecule has 7 nitrogen and oxygen atoms in total. The molecule has 33 heavy (non-hydrogen) atoms. The summed E-state index contributed by atoms with van der Waals surface area (Å²) >= 11 is 6.08. The first-order valence-electron chi connectivity index (χ1n) is 10.5. The molecule has 0 aliphatic carbocycles. The number of rotatable bonds is 8. The second kappa shape index (κ2) is 10.2. The fourth-order valence-electron chi connectivity index (χ4n) is 3.42. The number of halogens is 1. The number of ether oxygens (including phenoxy) is 2. The zero-order valence-corrected chi connectivity index (χ0v) is 19.3. The summed E-state index contributed by atoms with van der Waals surface area (Å²) in [5.74, 6) is 1.03. The van der Waals surface area contributed by atoms with Crippen molar-refractivity contribution in [2.75, 3.05) is 25.0 Å². The molecule has 3 aromatic carbocycles. The lowest BCUT2D eigenvalue weighted by atomic mass is 10.2. The van der Waals surface area contributed by atoms with Gasteiger partial charge in [-0.25, -0.2) is 8.42 Å². The van der Waals surface area contributed by atoms with Crippen molar-refractivity contribution < 1.29 is 22.7 Å². The first kappa shape index (κ1) is 23.1. The van der Waals surface area contributed by atoms with E-state index in [0.717, 1.165) is 12.8 Å². The predicted octanol–water partition coefficient (Wildman–Crippen LogP) is 4.93. The summed E-state index contributed by atoms with van der Waals surface area (Å²) in [6.07, 6.45) is 1.75. The van der Waals surface area contributed by atoms with Crippen molar-refractivity contribution in [2.24, 2.45) is 0 Å². The quantitative estimate of drug-likeness (QED) is 0.487. The first-order valence-corrected chi connectivity index (χ1v) is 12.3. The second-order valence-corrected chi connectivity index (χ2v) is 9.85. The van der Waals surface area contributed by atoms with Gasteiger partial charge >= 0.3 is 0 Å². The van der Waals surface area contributed by atoms with Crippen molar-refractivity contribution >= 4 is 33.2 Å². The number of sulfonamides is 1. The van der Waals surface area contributed by atoms with E-state index in [9.17, 15) is 13.2 Å². The Kier molecular flexibility index (Phi) is 7.17. The van der Waals surface area contributed by atoms with Crippen LogP contribution in [-0.2, 0) is 14.8 Å². The van der Waals surface area contributed by atoms with E-state index >= 15 is 0 Å². The molecule has 0 unspecified atom stereocenters. The average molecular weight is 487 g/mol. The van der Waals surface area contributed by atoms with Crippen LogP contribution in [0.25, 0.3) is 0 Å². The summed E-state index contributed by atoms with van der Waals surface area (Å²) < 4.78 is 38.1. The summed E-state index contributed by atoms with van der Waals surface area (Å²) in [6.45, 7) is 0.815. The van der Waals surface area contributed by atoms with E-state index in [0.29, 0.717) is 41.0 Å². The van der Waals surface area contributed by atoms with Crippen molar-refractivity contribution in [3.05, 3.63) is 77.8 Å². The Morgan fingerprint density at radius 3 is 2.33 bits per heavy atom. The summed E-state index contributed by atoms with van der Waals surface area (Å²) in [4.78, 5) is 12.7. The normalized spacial score (nSPS) is 14.1. The number of carbonyl (C=O) groups is 1. The van der Waals surface area contributed by atoms with Crippen molar-refractivity contribution in [3.63, 3.8) is 0 Å². The minimum atomic E-state index is -3.49. The third kappa shape index (κ3) is 5.84. The van der Waals surface area contributed by atoms with Gasteiger partial charge in [0.05, 0.1) is 10.6 Å². The van der Waals surface area contributed by atoms with Gasteiger partial charge in [0, 0.05) is 18.1 Å². The molecule has 1 amide bonds. The van der Waals surface area contributed by atoms with Gasteiger partial charge in [-0.1, -0.05) is 29.8 Å². The molecule has 1 aliphatic heterocycles. The molecule has 0 atom stereocenters. The Morgan fingerprint density at radius 2 is 1.64 bits per heavy atom. The Morgan fingerprint density at radius 1 is 0.939 bits per heavy atom. The highest BCUT2D eigenvalue weighted by Gasteiger charge is 2.27. The predicted molar refractivity (Wildman–Crippen MR) is 127 cm³/mol. The summed E-state index contributed by atoms with van der Waals surface area (Å²) in [5, 5.41) is 3.18. The lowest BCUT2D eigenvalue weighted by Crippen LogP contribution is -2.27. The number of hydrogen-bond donors (Lipinski definition) is 1. The summed E-state index contributed by atoms with van der Waals surface area (Å²) in [7, 11) is -3.49. The van der Waals surface area contributed by atoms with Crippen LogP contribution >= 0.6 is 11.6 Å². The maximum atomic E-state index is 12.6. The standard InChI is InChI=1S/C24H23ClN2O5S/c25-18-8-13-23(32-20-6-2-1-3-7-20)22(16-18)26-24(28)17-31-19-9-11-21(12-10-19)33(29,30)27-14-4-5-15-27/h1-3,6-13,16H,4-5,14-15,17H2,(H,26,28). The van der Waals surface area contributed by atoms with Crippen molar-refractivity contribution in [1.29, 1.82) is 0 Å². The molecule has 1 heterocycles. The van der Waals surface area contributed by atoms with Gasteiger partial charge in [-0.05, 0) is 67.4 Å². The Balaban J connectivity index is 1.37. The minimum absolute atomic E-state index is 0.211. The fourth-order valence-corrected chi connectivity index (χ4v) is 5.11. The molecule has 3 aromatic rings. The third-order valence-electron chi connectivity index (χ3n) is 5.08. The van der Waals surface area contributed by atoms with Crippen LogP contribution in [0, 0.1) is 0 Å². The fraction of sp³-hybridized carbons (Fsp3) is 0.208. The number of nitrogens with one attached hydrogen (secondary N) is 1. The maximum absolute atomic E-state index is 12.6. The van der Waals surface area contributed by atoms with Crippen molar-refractivity contribution in [1.82, 2.24) is 4.31 Å². The minimum Gasteiger partial charge on any atom is -0.484 e. The molecule has 9 heteroatoms.